The molecular formula is C24H25NO4. The molecule has 1 unspecified atom stereocenters. The molecule has 1 saturated heterocycles. The number of rotatable bonds is 4. The summed E-state index contributed by atoms with van der Waals surface area (Å²) in [4.78, 5) is 27.6. The lowest BCUT2D eigenvalue weighted by atomic mass is 9.94. The number of nitrogens with zero attached hydrogens (tertiary/aromatic N) is 1. The molecule has 5 heteroatoms. The Hall–Kier alpha value is -3.08. The number of amides is 1. The van der Waals surface area contributed by atoms with Gasteiger partial charge in [0.15, 0.2) is 0 Å². The molecule has 2 N–H and O–H groups in total. The minimum Gasteiger partial charge on any atom is -0.508 e. The van der Waals surface area contributed by atoms with Crippen molar-refractivity contribution < 1.29 is 19.8 Å². The zero-order chi connectivity index (χ0) is 20.5. The summed E-state index contributed by atoms with van der Waals surface area (Å²) in [6, 6.07) is 13.2. The van der Waals surface area contributed by atoms with Crippen LogP contribution >= 0.6 is 0 Å². The summed E-state index contributed by atoms with van der Waals surface area (Å²) >= 11 is 0. The second kappa shape index (κ2) is 7.74. The molecule has 4 rings (SSSR count). The number of phenols is 1. The quantitative estimate of drug-likeness (QED) is 0.462. The van der Waals surface area contributed by atoms with Crippen LogP contribution in [0.2, 0.25) is 0 Å². The zero-order valence-electron chi connectivity index (χ0n) is 16.5. The highest BCUT2D eigenvalue weighted by atomic mass is 16.3. The molecule has 2 fully saturated rings. The van der Waals surface area contributed by atoms with Crippen LogP contribution in [0, 0.1) is 0 Å². The number of Topliss-reactive ketones (excluding diaryl/α,β-unsaturated/α-hetero) is 1. The standard InChI is InChI=1S/C24H25NO4/c1-2-15-7-9-17(10-8-15)22(27)20-21(16-11-13-19(26)14-12-16)25(24(29)23(20)28)18-5-3-4-6-18/h7-14,18,21,26-27H,2-6H2,1H3/b22-20-. The van der Waals surface area contributed by atoms with Crippen LogP contribution < -0.4 is 0 Å². The van der Waals surface area contributed by atoms with Crippen LogP contribution in [-0.4, -0.2) is 32.8 Å². The van der Waals surface area contributed by atoms with Gasteiger partial charge >= 0.3 is 0 Å². The van der Waals surface area contributed by atoms with Gasteiger partial charge in [-0.25, -0.2) is 0 Å². The molecule has 1 amide bonds. The molecule has 0 spiro atoms. The fourth-order valence-electron chi connectivity index (χ4n) is 4.45. The number of aliphatic hydroxyl groups excluding tert-OH is 1. The van der Waals surface area contributed by atoms with Gasteiger partial charge in [0.05, 0.1) is 11.6 Å². The summed E-state index contributed by atoms with van der Waals surface area (Å²) in [7, 11) is 0. The van der Waals surface area contributed by atoms with E-state index in [1.54, 1.807) is 41.3 Å². The van der Waals surface area contributed by atoms with Crippen molar-refractivity contribution in [1.82, 2.24) is 4.90 Å². The number of aliphatic hydroxyl groups is 1. The van der Waals surface area contributed by atoms with E-state index in [9.17, 15) is 19.8 Å². The number of aromatic hydroxyl groups is 1. The number of likely N-dealkylation sites (tertiary alicyclic amines) is 1. The van der Waals surface area contributed by atoms with Gasteiger partial charge in [0.2, 0.25) is 0 Å². The Balaban J connectivity index is 1.85. The Kier molecular flexibility index (Phi) is 5.14. The molecule has 1 aliphatic carbocycles. The summed E-state index contributed by atoms with van der Waals surface area (Å²) in [5.74, 6) is -1.24. The first-order chi connectivity index (χ1) is 14.0. The number of ketones is 1. The predicted molar refractivity (Wildman–Crippen MR) is 110 cm³/mol. The maximum atomic E-state index is 13.0. The molecule has 0 bridgehead atoms. The van der Waals surface area contributed by atoms with E-state index in [4.69, 9.17) is 0 Å². The molecule has 2 aromatic rings. The van der Waals surface area contributed by atoms with Crippen molar-refractivity contribution in [3.05, 3.63) is 70.8 Å². The summed E-state index contributed by atoms with van der Waals surface area (Å²) in [5.41, 5.74) is 2.48. The van der Waals surface area contributed by atoms with Crippen molar-refractivity contribution in [3.8, 4) is 5.75 Å². The molecule has 1 saturated carbocycles. The maximum Gasteiger partial charge on any atom is 0.295 e. The van der Waals surface area contributed by atoms with Crippen LogP contribution in [0.25, 0.3) is 5.76 Å². The number of carbonyl (C=O) groups is 2. The Morgan fingerprint density at radius 3 is 2.21 bits per heavy atom. The summed E-state index contributed by atoms with van der Waals surface area (Å²) < 4.78 is 0. The lowest BCUT2D eigenvalue weighted by Gasteiger charge is -2.30. The third-order valence-electron chi connectivity index (χ3n) is 6.04. The van der Waals surface area contributed by atoms with E-state index in [1.165, 1.54) is 0 Å². The smallest absolute Gasteiger partial charge is 0.295 e. The van der Waals surface area contributed by atoms with Gasteiger partial charge in [0, 0.05) is 11.6 Å². The minimum absolute atomic E-state index is 0.0157. The van der Waals surface area contributed by atoms with Gasteiger partial charge in [-0.1, -0.05) is 56.2 Å². The third kappa shape index (κ3) is 3.41. The molecule has 29 heavy (non-hydrogen) atoms. The lowest BCUT2D eigenvalue weighted by molar-refractivity contribution is -0.141. The van der Waals surface area contributed by atoms with Crippen LogP contribution in [0.3, 0.4) is 0 Å². The van der Waals surface area contributed by atoms with E-state index in [1.807, 2.05) is 19.1 Å². The number of aryl methyl sites for hydroxylation is 1. The van der Waals surface area contributed by atoms with Crippen LogP contribution in [0.5, 0.6) is 5.75 Å². The van der Waals surface area contributed by atoms with Gasteiger partial charge in [-0.15, -0.1) is 0 Å². The SMILES string of the molecule is CCc1ccc(/C(O)=C2/C(=O)C(=O)N(C3CCCC3)C2c2ccc(O)cc2)cc1. The molecule has 1 aliphatic heterocycles. The topological polar surface area (TPSA) is 77.8 Å². The van der Waals surface area contributed by atoms with E-state index >= 15 is 0 Å². The van der Waals surface area contributed by atoms with Gasteiger partial charge in [-0.2, -0.15) is 0 Å². The van der Waals surface area contributed by atoms with Crippen LogP contribution in [0.1, 0.15) is 55.3 Å². The van der Waals surface area contributed by atoms with Crippen molar-refractivity contribution in [2.75, 3.05) is 0 Å². The van der Waals surface area contributed by atoms with E-state index in [0.717, 1.165) is 37.7 Å². The zero-order valence-corrected chi connectivity index (χ0v) is 16.5. The average molecular weight is 391 g/mol. The first kappa shape index (κ1) is 19.2. The Morgan fingerprint density at radius 2 is 1.62 bits per heavy atom. The maximum absolute atomic E-state index is 13.0. The Labute approximate surface area is 170 Å². The second-order valence-corrected chi connectivity index (χ2v) is 7.79. The van der Waals surface area contributed by atoms with E-state index in [-0.39, 0.29) is 23.1 Å². The van der Waals surface area contributed by atoms with Crippen molar-refractivity contribution in [2.45, 2.75) is 51.1 Å². The average Bonchev–Trinajstić information content (AvgIpc) is 3.35. The predicted octanol–water partition coefficient (Wildman–Crippen LogP) is 4.32. The highest BCUT2D eigenvalue weighted by molar-refractivity contribution is 6.46. The number of hydrogen-bond acceptors (Lipinski definition) is 4. The second-order valence-electron chi connectivity index (χ2n) is 7.79. The van der Waals surface area contributed by atoms with Gasteiger partial charge < -0.3 is 15.1 Å². The van der Waals surface area contributed by atoms with Crippen molar-refractivity contribution in [3.63, 3.8) is 0 Å². The van der Waals surface area contributed by atoms with E-state index in [0.29, 0.717) is 11.1 Å². The molecule has 2 aliphatic rings. The van der Waals surface area contributed by atoms with Gasteiger partial charge in [0.1, 0.15) is 11.5 Å². The van der Waals surface area contributed by atoms with Gasteiger partial charge in [-0.3, -0.25) is 9.59 Å². The fourth-order valence-corrected chi connectivity index (χ4v) is 4.45. The first-order valence-corrected chi connectivity index (χ1v) is 10.2. The summed E-state index contributed by atoms with van der Waals surface area (Å²) in [6.07, 6.45) is 4.63. The molecular weight excluding hydrogens is 366 g/mol. The highest BCUT2D eigenvalue weighted by Gasteiger charge is 2.49. The van der Waals surface area contributed by atoms with E-state index < -0.39 is 17.7 Å². The van der Waals surface area contributed by atoms with Crippen molar-refractivity contribution >= 4 is 17.4 Å². The molecule has 0 aromatic heterocycles. The van der Waals surface area contributed by atoms with Crippen LogP contribution in [0.4, 0.5) is 0 Å². The molecule has 1 heterocycles. The normalized spacial score (nSPS) is 21.8. The van der Waals surface area contributed by atoms with Gasteiger partial charge in [0.25, 0.3) is 11.7 Å². The molecule has 5 nitrogen and oxygen atoms in total. The molecule has 150 valence electrons. The molecule has 1 atom stereocenters. The Morgan fingerprint density at radius 1 is 1.00 bits per heavy atom. The number of benzene rings is 2. The van der Waals surface area contributed by atoms with E-state index in [2.05, 4.69) is 0 Å². The summed E-state index contributed by atoms with van der Waals surface area (Å²) in [5, 5.41) is 20.7. The van der Waals surface area contributed by atoms with Crippen LogP contribution in [0.15, 0.2) is 54.1 Å². The lowest BCUT2D eigenvalue weighted by Crippen LogP contribution is -2.37. The van der Waals surface area contributed by atoms with Crippen LogP contribution in [-0.2, 0) is 16.0 Å². The third-order valence-corrected chi connectivity index (χ3v) is 6.04. The first-order valence-electron chi connectivity index (χ1n) is 10.2. The van der Waals surface area contributed by atoms with Gasteiger partial charge in [-0.05, 0) is 42.5 Å². The Bertz CT molecular complexity index is 953. The summed E-state index contributed by atoms with van der Waals surface area (Å²) in [6.45, 7) is 2.05. The molecule has 0 radical (unpaired) electrons. The largest absolute Gasteiger partial charge is 0.508 e. The van der Waals surface area contributed by atoms with Crippen molar-refractivity contribution in [2.24, 2.45) is 0 Å². The molecule has 2 aromatic carbocycles. The number of phenolic OH excluding ortho intramolecular Hbond substituents is 1. The monoisotopic (exact) mass is 391 g/mol. The number of carbonyl (C=O) groups excluding carboxylic acids is 2. The fraction of sp³-hybridized carbons (Fsp3) is 0.333. The highest BCUT2D eigenvalue weighted by Crippen LogP contribution is 2.43. The van der Waals surface area contributed by atoms with Crippen molar-refractivity contribution in [1.29, 1.82) is 0 Å². The number of hydrogen-bond donors (Lipinski definition) is 2. The minimum atomic E-state index is -0.649.